The van der Waals surface area contributed by atoms with Crippen molar-refractivity contribution in [2.45, 2.75) is 0 Å². The number of carbonyl (C=O) groups excluding carboxylic acids is 3. The number of rotatable bonds is 7. The first kappa shape index (κ1) is 20.6. The lowest BCUT2D eigenvalue weighted by atomic mass is 10.0. The molecule has 3 aromatic rings. The van der Waals surface area contributed by atoms with E-state index in [0.29, 0.717) is 21.3 Å². The number of esters is 1. The van der Waals surface area contributed by atoms with Gasteiger partial charge in [-0.25, -0.2) is 4.79 Å². The van der Waals surface area contributed by atoms with Crippen LogP contribution in [0, 0.1) is 0 Å². The summed E-state index contributed by atoms with van der Waals surface area (Å²) in [5.41, 5.74) is 0.672. The van der Waals surface area contributed by atoms with Crippen molar-refractivity contribution in [1.29, 1.82) is 0 Å². The molecular formula is C21H16ClNO5S. The summed E-state index contributed by atoms with van der Waals surface area (Å²) in [5, 5.41) is 4.77. The molecule has 148 valence electrons. The normalized spacial score (nSPS) is 10.3. The molecule has 8 heteroatoms. The van der Waals surface area contributed by atoms with Crippen molar-refractivity contribution in [3.63, 3.8) is 0 Å². The van der Waals surface area contributed by atoms with Gasteiger partial charge in [-0.1, -0.05) is 35.9 Å². The summed E-state index contributed by atoms with van der Waals surface area (Å²) in [6.07, 6.45) is 0. The minimum atomic E-state index is -0.765. The van der Waals surface area contributed by atoms with Crippen molar-refractivity contribution in [2.75, 3.05) is 19.0 Å². The van der Waals surface area contributed by atoms with E-state index in [2.05, 4.69) is 5.32 Å². The number of anilines is 1. The van der Waals surface area contributed by atoms with Crippen molar-refractivity contribution < 1.29 is 23.9 Å². The molecule has 0 aliphatic carbocycles. The largest absolute Gasteiger partial charge is 0.495 e. The molecule has 0 saturated carbocycles. The molecule has 0 aliphatic rings. The van der Waals surface area contributed by atoms with Gasteiger partial charge < -0.3 is 14.8 Å². The predicted octanol–water partition coefficient (Wildman–Crippen LogP) is 4.44. The fourth-order valence-electron chi connectivity index (χ4n) is 2.57. The van der Waals surface area contributed by atoms with E-state index < -0.39 is 18.5 Å². The van der Waals surface area contributed by atoms with Crippen LogP contribution in [0.15, 0.2) is 60.0 Å². The summed E-state index contributed by atoms with van der Waals surface area (Å²) >= 11 is 7.21. The van der Waals surface area contributed by atoms with E-state index in [-0.39, 0.29) is 16.9 Å². The first-order valence-corrected chi connectivity index (χ1v) is 9.73. The first-order valence-electron chi connectivity index (χ1n) is 8.47. The zero-order valence-electron chi connectivity index (χ0n) is 15.3. The van der Waals surface area contributed by atoms with Crippen molar-refractivity contribution in [2.24, 2.45) is 0 Å². The highest BCUT2D eigenvalue weighted by Gasteiger charge is 2.20. The van der Waals surface area contributed by atoms with E-state index in [1.165, 1.54) is 30.6 Å². The Balaban J connectivity index is 1.68. The standard InChI is InChI=1S/C21H16ClNO5S/c1-27-17-9-8-13(22)11-16(17)23-19(24)12-28-21(26)15-6-3-2-5-14(15)20(25)18-7-4-10-29-18/h2-11H,12H2,1H3,(H,23,24). The van der Waals surface area contributed by atoms with Crippen molar-refractivity contribution >= 4 is 46.3 Å². The number of methoxy groups -OCH3 is 1. The van der Waals surface area contributed by atoms with Crippen LogP contribution in [-0.2, 0) is 9.53 Å². The van der Waals surface area contributed by atoms with Crippen molar-refractivity contribution in [1.82, 2.24) is 0 Å². The number of thiophene rings is 1. The molecule has 1 heterocycles. The van der Waals surface area contributed by atoms with Crippen LogP contribution in [0.4, 0.5) is 5.69 Å². The third-order valence-corrected chi connectivity index (χ3v) is 5.01. The third-order valence-electron chi connectivity index (χ3n) is 3.91. The second-order valence-electron chi connectivity index (χ2n) is 5.82. The van der Waals surface area contributed by atoms with E-state index in [1.54, 1.807) is 47.8 Å². The van der Waals surface area contributed by atoms with Crippen LogP contribution < -0.4 is 10.1 Å². The molecule has 1 aromatic heterocycles. The smallest absolute Gasteiger partial charge is 0.339 e. The molecule has 0 fully saturated rings. The second-order valence-corrected chi connectivity index (χ2v) is 7.21. The Kier molecular flexibility index (Phi) is 6.64. The van der Waals surface area contributed by atoms with E-state index in [9.17, 15) is 14.4 Å². The van der Waals surface area contributed by atoms with Gasteiger partial charge in [0.15, 0.2) is 6.61 Å². The van der Waals surface area contributed by atoms with Crippen LogP contribution in [0.5, 0.6) is 5.75 Å². The van der Waals surface area contributed by atoms with Gasteiger partial charge in [-0.15, -0.1) is 11.3 Å². The minimum absolute atomic E-state index is 0.0963. The molecular weight excluding hydrogens is 414 g/mol. The summed E-state index contributed by atoms with van der Waals surface area (Å²) in [6, 6.07) is 14.5. The molecule has 1 N–H and O–H groups in total. The summed E-state index contributed by atoms with van der Waals surface area (Å²) < 4.78 is 10.3. The maximum absolute atomic E-state index is 12.6. The number of ketones is 1. The highest BCUT2D eigenvalue weighted by molar-refractivity contribution is 7.12. The van der Waals surface area contributed by atoms with Crippen LogP contribution in [0.3, 0.4) is 0 Å². The predicted molar refractivity (Wildman–Crippen MR) is 111 cm³/mol. The fraction of sp³-hybridized carbons (Fsp3) is 0.0952. The molecule has 3 rings (SSSR count). The summed E-state index contributed by atoms with van der Waals surface area (Å²) in [4.78, 5) is 37.8. The zero-order chi connectivity index (χ0) is 20.8. The quantitative estimate of drug-likeness (QED) is 0.443. The Bertz CT molecular complexity index is 1050. The fourth-order valence-corrected chi connectivity index (χ4v) is 3.42. The molecule has 29 heavy (non-hydrogen) atoms. The molecule has 0 bridgehead atoms. The number of nitrogens with one attached hydrogen (secondary N) is 1. The highest BCUT2D eigenvalue weighted by atomic mass is 35.5. The van der Waals surface area contributed by atoms with E-state index in [4.69, 9.17) is 21.1 Å². The van der Waals surface area contributed by atoms with E-state index in [0.717, 1.165) is 0 Å². The molecule has 0 radical (unpaired) electrons. The van der Waals surface area contributed by atoms with Gasteiger partial charge in [0.05, 0.1) is 23.2 Å². The summed E-state index contributed by atoms with van der Waals surface area (Å²) in [6.45, 7) is -0.532. The SMILES string of the molecule is COc1ccc(Cl)cc1NC(=O)COC(=O)c1ccccc1C(=O)c1cccs1. The highest BCUT2D eigenvalue weighted by Crippen LogP contribution is 2.27. The van der Waals surface area contributed by atoms with Gasteiger partial charge in [-0.05, 0) is 35.7 Å². The lowest BCUT2D eigenvalue weighted by Crippen LogP contribution is -2.22. The number of benzene rings is 2. The van der Waals surface area contributed by atoms with Gasteiger partial charge in [0.2, 0.25) is 5.78 Å². The Hall–Kier alpha value is -3.16. The van der Waals surface area contributed by atoms with Crippen LogP contribution >= 0.6 is 22.9 Å². The van der Waals surface area contributed by atoms with Crippen LogP contribution in [0.2, 0.25) is 5.02 Å². The van der Waals surface area contributed by atoms with Crippen molar-refractivity contribution in [3.8, 4) is 5.75 Å². The number of hydrogen-bond donors (Lipinski definition) is 1. The van der Waals surface area contributed by atoms with Gasteiger partial charge in [0.25, 0.3) is 5.91 Å². The number of halogens is 1. The van der Waals surface area contributed by atoms with Crippen LogP contribution in [0.1, 0.15) is 25.6 Å². The Morgan fingerprint density at radius 3 is 2.48 bits per heavy atom. The topological polar surface area (TPSA) is 81.7 Å². The maximum Gasteiger partial charge on any atom is 0.339 e. The average molecular weight is 430 g/mol. The van der Waals surface area contributed by atoms with Gasteiger partial charge in [-0.3, -0.25) is 9.59 Å². The molecule has 2 aromatic carbocycles. The summed E-state index contributed by atoms with van der Waals surface area (Å²) in [5.74, 6) is -1.19. The average Bonchev–Trinajstić information content (AvgIpc) is 3.26. The van der Waals surface area contributed by atoms with Crippen LogP contribution in [-0.4, -0.2) is 31.4 Å². The number of ether oxygens (including phenoxy) is 2. The van der Waals surface area contributed by atoms with Crippen LogP contribution in [0.25, 0.3) is 0 Å². The molecule has 0 aliphatic heterocycles. The van der Waals surface area contributed by atoms with Gasteiger partial charge in [0, 0.05) is 10.6 Å². The summed E-state index contributed by atoms with van der Waals surface area (Å²) in [7, 11) is 1.46. The number of carbonyl (C=O) groups is 3. The number of amides is 1. The lowest BCUT2D eigenvalue weighted by Gasteiger charge is -2.11. The van der Waals surface area contributed by atoms with E-state index >= 15 is 0 Å². The molecule has 0 saturated heterocycles. The zero-order valence-corrected chi connectivity index (χ0v) is 16.9. The lowest BCUT2D eigenvalue weighted by molar-refractivity contribution is -0.119. The molecule has 0 spiro atoms. The molecule has 0 atom stereocenters. The van der Waals surface area contributed by atoms with Gasteiger partial charge in [-0.2, -0.15) is 0 Å². The minimum Gasteiger partial charge on any atom is -0.495 e. The molecule has 0 unspecified atom stereocenters. The molecule has 6 nitrogen and oxygen atoms in total. The number of hydrogen-bond acceptors (Lipinski definition) is 6. The Morgan fingerprint density at radius 1 is 1.03 bits per heavy atom. The van der Waals surface area contributed by atoms with E-state index in [1.807, 2.05) is 0 Å². The van der Waals surface area contributed by atoms with Gasteiger partial charge in [0.1, 0.15) is 5.75 Å². The Labute approximate surface area is 176 Å². The Morgan fingerprint density at radius 2 is 1.79 bits per heavy atom. The monoisotopic (exact) mass is 429 g/mol. The second kappa shape index (κ2) is 9.36. The molecule has 1 amide bonds. The maximum atomic E-state index is 12.6. The first-order chi connectivity index (χ1) is 14.0. The van der Waals surface area contributed by atoms with Gasteiger partial charge >= 0.3 is 5.97 Å². The third kappa shape index (κ3) is 5.01. The van der Waals surface area contributed by atoms with Crippen molar-refractivity contribution in [3.05, 3.63) is 81.0 Å².